The highest BCUT2D eigenvalue weighted by Gasteiger charge is 2.40. The number of nitro groups is 1. The minimum Gasteiger partial charge on any atom is -0.455 e. The van der Waals surface area contributed by atoms with E-state index in [2.05, 4.69) is 38.9 Å². The van der Waals surface area contributed by atoms with Gasteiger partial charge in [-0.3, -0.25) is 19.8 Å². The smallest absolute Gasteiger partial charge is 0.416 e. The van der Waals surface area contributed by atoms with Crippen LogP contribution in [0, 0.1) is 22.5 Å². The largest absolute Gasteiger partial charge is 0.455 e. The summed E-state index contributed by atoms with van der Waals surface area (Å²) >= 11 is 0. The summed E-state index contributed by atoms with van der Waals surface area (Å²) in [6.07, 6.45) is 0.677. The van der Waals surface area contributed by atoms with Gasteiger partial charge in [-0.1, -0.05) is 25.5 Å². The number of pyridine rings is 1. The summed E-state index contributed by atoms with van der Waals surface area (Å²) in [4.78, 5) is 37.1. The Balaban J connectivity index is 0.907. The zero-order valence-corrected chi connectivity index (χ0v) is 41.7. The SMILES string of the molecule is Cc1cc(C(F)(F)F)ccc1C1=C(CN2CCN(c3ccc(C(=O)CS(=O)(=O)c4ccc(NCC5CN(S(=O)(=O)C6COC6)CCO5)c([N+](=O)[O-])c4)c(Oc4cnc5[nH]ccc5c4)c3)CC2)CCC(C)(C)C1. The van der Waals surface area contributed by atoms with Crippen LogP contribution in [0.15, 0.2) is 89.6 Å². The lowest BCUT2D eigenvalue weighted by Crippen LogP contribution is -2.54. The van der Waals surface area contributed by atoms with Crippen molar-refractivity contribution in [3.63, 3.8) is 0 Å². The Morgan fingerprint density at radius 2 is 1.78 bits per heavy atom. The number of ketones is 1. The molecule has 9 rings (SSSR count). The summed E-state index contributed by atoms with van der Waals surface area (Å²) in [5.74, 6) is -1.47. The van der Waals surface area contributed by atoms with Gasteiger partial charge in [0.15, 0.2) is 15.6 Å². The molecular weight excluding hydrogens is 980 g/mol. The number of ether oxygens (including phenoxy) is 3. The van der Waals surface area contributed by atoms with Crippen molar-refractivity contribution in [2.75, 3.05) is 88.1 Å². The maximum atomic E-state index is 14.1. The van der Waals surface area contributed by atoms with Crippen LogP contribution in [-0.2, 0) is 35.5 Å². The first-order chi connectivity index (χ1) is 34.1. The molecule has 4 aliphatic rings. The fourth-order valence-corrected chi connectivity index (χ4v) is 12.6. The molecule has 1 unspecified atom stereocenters. The summed E-state index contributed by atoms with van der Waals surface area (Å²) in [5.41, 5.74) is 3.83. The van der Waals surface area contributed by atoms with E-state index < -0.39 is 70.0 Å². The first-order valence-corrected chi connectivity index (χ1v) is 26.9. The van der Waals surface area contributed by atoms with Crippen molar-refractivity contribution in [3.8, 4) is 11.5 Å². The second-order valence-corrected chi connectivity index (χ2v) is 23.8. The predicted molar refractivity (Wildman–Crippen MR) is 265 cm³/mol. The highest BCUT2D eigenvalue weighted by atomic mass is 32.2. The second kappa shape index (κ2) is 20.2. The molecule has 1 atom stereocenters. The number of nitrogens with one attached hydrogen (secondary N) is 2. The first-order valence-electron chi connectivity index (χ1n) is 23.7. The molecule has 22 heteroatoms. The number of sulfone groups is 1. The maximum Gasteiger partial charge on any atom is 0.416 e. The lowest BCUT2D eigenvalue weighted by atomic mass is 9.72. The minimum absolute atomic E-state index is 0.00395. The molecule has 5 aromatic rings. The third kappa shape index (κ3) is 11.2. The number of anilines is 2. The summed E-state index contributed by atoms with van der Waals surface area (Å²) < 4.78 is 113. The van der Waals surface area contributed by atoms with E-state index in [9.17, 15) is 44.9 Å². The zero-order chi connectivity index (χ0) is 51.2. The van der Waals surface area contributed by atoms with Crippen molar-refractivity contribution in [3.05, 3.63) is 117 Å². The second-order valence-electron chi connectivity index (χ2n) is 19.6. The summed E-state index contributed by atoms with van der Waals surface area (Å²) in [6, 6.07) is 15.8. The van der Waals surface area contributed by atoms with Crippen molar-refractivity contribution in [2.24, 2.45) is 5.41 Å². The molecule has 72 heavy (non-hydrogen) atoms. The van der Waals surface area contributed by atoms with Crippen LogP contribution in [0.25, 0.3) is 16.6 Å². The Morgan fingerprint density at radius 3 is 2.49 bits per heavy atom. The quantitative estimate of drug-likeness (QED) is 0.0548. The molecule has 3 fully saturated rings. The number of H-pyrrole nitrogens is 1. The zero-order valence-electron chi connectivity index (χ0n) is 40.0. The molecule has 0 saturated carbocycles. The molecule has 384 valence electrons. The van der Waals surface area contributed by atoms with Crippen LogP contribution >= 0.6 is 0 Å². The van der Waals surface area contributed by atoms with Gasteiger partial charge < -0.3 is 29.4 Å². The molecule has 0 bridgehead atoms. The van der Waals surface area contributed by atoms with Crippen LogP contribution in [0.4, 0.5) is 30.2 Å². The van der Waals surface area contributed by atoms with Crippen LogP contribution in [0.3, 0.4) is 0 Å². The van der Waals surface area contributed by atoms with Gasteiger partial charge in [-0.2, -0.15) is 17.5 Å². The average Bonchev–Trinajstić information content (AvgIpc) is 3.79. The first kappa shape index (κ1) is 51.0. The number of fused-ring (bicyclic) bond motifs is 1. The van der Waals surface area contributed by atoms with E-state index >= 15 is 0 Å². The predicted octanol–water partition coefficient (Wildman–Crippen LogP) is 7.87. The normalized spacial score (nSPS) is 19.6. The molecule has 1 aliphatic carbocycles. The molecule has 0 amide bonds. The third-order valence-corrected chi connectivity index (χ3v) is 17.7. The van der Waals surface area contributed by atoms with Gasteiger partial charge in [-0.05, 0) is 96.8 Å². The number of hydrogen-bond donors (Lipinski definition) is 2. The number of Topliss-reactive ketones (excluding diaryl/α,β-unsaturated/α-hetero) is 1. The van der Waals surface area contributed by atoms with E-state index in [1.54, 1.807) is 43.5 Å². The van der Waals surface area contributed by atoms with Crippen molar-refractivity contribution >= 4 is 59.3 Å². The Kier molecular flexibility index (Phi) is 14.3. The molecule has 0 radical (unpaired) electrons. The number of allylic oxidation sites excluding steroid dienone is 1. The van der Waals surface area contributed by atoms with Gasteiger partial charge in [0.25, 0.3) is 5.69 Å². The molecule has 5 heterocycles. The number of carbonyl (C=O) groups excluding carboxylic acids is 1. The van der Waals surface area contributed by atoms with E-state index in [1.165, 1.54) is 46.4 Å². The molecule has 2 aromatic heterocycles. The van der Waals surface area contributed by atoms with E-state index in [1.807, 2.05) is 0 Å². The fourth-order valence-electron chi connectivity index (χ4n) is 9.74. The number of halogens is 3. The van der Waals surface area contributed by atoms with Crippen LogP contribution in [-0.4, -0.2) is 136 Å². The number of aryl methyl sites for hydroxylation is 1. The van der Waals surface area contributed by atoms with E-state index in [0.29, 0.717) is 49.7 Å². The van der Waals surface area contributed by atoms with Gasteiger partial charge in [-0.15, -0.1) is 0 Å². The van der Waals surface area contributed by atoms with Gasteiger partial charge in [-0.25, -0.2) is 21.8 Å². The number of piperazine rings is 1. The van der Waals surface area contributed by atoms with Gasteiger partial charge in [0.1, 0.15) is 33.8 Å². The number of alkyl halides is 3. The topological polar surface area (TPSA) is 207 Å². The highest BCUT2D eigenvalue weighted by Crippen LogP contribution is 2.45. The standard InChI is InChI=1S/C50H56F3N7O10S2/c1-32-20-35(50(51,52)53)4-7-41(32)43-24-49(2,3)12-10-34(43)27-57-14-16-58(17-15-57)36-5-8-42(47(22-36)70-37-21-33-11-13-54-48(33)56-25-37)46(61)31-71(64,65)39-6-9-44(45(23-39)60(62)63)55-26-38-28-59(18-19-69-38)72(66,67)40-29-68-30-40/h4-9,11,13,20-23,25,38,40,55H,10,12,14-19,24,26-31H2,1-3H3,(H,54,56). The Hall–Kier alpha value is -5.91. The van der Waals surface area contributed by atoms with Crippen molar-refractivity contribution < 1.29 is 53.9 Å². The molecule has 17 nitrogen and oxygen atoms in total. The van der Waals surface area contributed by atoms with Crippen molar-refractivity contribution in [1.82, 2.24) is 19.2 Å². The van der Waals surface area contributed by atoms with Crippen molar-refractivity contribution in [2.45, 2.75) is 62.5 Å². The van der Waals surface area contributed by atoms with Gasteiger partial charge >= 0.3 is 6.18 Å². The fraction of sp³-hybridized carbons (Fsp3) is 0.440. The third-order valence-electron chi connectivity index (χ3n) is 13.9. The number of rotatable bonds is 16. The van der Waals surface area contributed by atoms with Gasteiger partial charge in [0, 0.05) is 81.8 Å². The molecule has 3 saturated heterocycles. The summed E-state index contributed by atoms with van der Waals surface area (Å²) in [6.45, 7) is 9.85. The number of hydrogen-bond acceptors (Lipinski definition) is 14. The lowest BCUT2D eigenvalue weighted by Gasteiger charge is -2.39. The molecule has 3 aliphatic heterocycles. The number of carbonyl (C=O) groups is 1. The van der Waals surface area contributed by atoms with Crippen LogP contribution in [0.5, 0.6) is 11.5 Å². The lowest BCUT2D eigenvalue weighted by molar-refractivity contribution is -0.384. The number of morpholine rings is 1. The van der Waals surface area contributed by atoms with Gasteiger partial charge in [0.2, 0.25) is 10.0 Å². The summed E-state index contributed by atoms with van der Waals surface area (Å²) in [7, 11) is -8.08. The minimum atomic E-state index is -4.47. The van der Waals surface area contributed by atoms with Crippen molar-refractivity contribution in [1.29, 1.82) is 0 Å². The van der Waals surface area contributed by atoms with E-state index in [-0.39, 0.29) is 61.9 Å². The van der Waals surface area contributed by atoms with Crippen LogP contribution in [0.1, 0.15) is 60.2 Å². The number of benzene rings is 3. The number of sulfonamides is 1. The molecule has 2 N–H and O–H groups in total. The van der Waals surface area contributed by atoms with Gasteiger partial charge in [0.05, 0.1) is 53.1 Å². The molecule has 0 spiro atoms. The van der Waals surface area contributed by atoms with Crippen LogP contribution < -0.4 is 15.0 Å². The average molecular weight is 1040 g/mol. The highest BCUT2D eigenvalue weighted by molar-refractivity contribution is 7.92. The number of aromatic amines is 1. The monoisotopic (exact) mass is 1040 g/mol. The van der Waals surface area contributed by atoms with E-state index in [4.69, 9.17) is 14.2 Å². The Labute approximate surface area is 415 Å². The number of nitrogens with zero attached hydrogens (tertiary/aromatic N) is 5. The number of nitro benzene ring substituents is 1. The molecule has 3 aromatic carbocycles. The number of aromatic nitrogens is 2. The van der Waals surface area contributed by atoms with E-state index in [0.717, 1.165) is 47.5 Å². The Morgan fingerprint density at radius 1 is 1.00 bits per heavy atom. The van der Waals surface area contributed by atoms with Crippen LogP contribution in [0.2, 0.25) is 0 Å². The maximum absolute atomic E-state index is 14.1. The molecular formula is C50H56F3N7O10S2. The Bertz CT molecular complexity index is 3150. The summed E-state index contributed by atoms with van der Waals surface area (Å²) in [5, 5.41) is 15.3.